The summed E-state index contributed by atoms with van der Waals surface area (Å²) in [6, 6.07) is 11.8. The number of carbonyl (C=O) groups excluding carboxylic acids is 1. The molecule has 2 aromatic heterocycles. The van der Waals surface area contributed by atoms with Gasteiger partial charge < -0.3 is 9.88 Å². The lowest BCUT2D eigenvalue weighted by atomic mass is 10.3. The average Bonchev–Trinajstić information content (AvgIpc) is 3.13. The summed E-state index contributed by atoms with van der Waals surface area (Å²) in [5, 5.41) is 1.99. The van der Waals surface area contributed by atoms with Gasteiger partial charge in [0.1, 0.15) is 5.82 Å². The van der Waals surface area contributed by atoms with Gasteiger partial charge in [0.15, 0.2) is 0 Å². The second kappa shape index (κ2) is 5.93. The molecule has 0 aliphatic rings. The van der Waals surface area contributed by atoms with Gasteiger partial charge in [-0.25, -0.2) is 4.98 Å². The first-order valence-corrected chi connectivity index (χ1v) is 7.50. The number of likely N-dealkylation sites (N-methyl/N-ethyl adjacent to an activating group) is 1. The monoisotopic (exact) mass is 297 g/mol. The Morgan fingerprint density at radius 3 is 2.95 bits per heavy atom. The molecule has 1 N–H and O–H groups in total. The SMILES string of the molecule is CN(Cc1nc2ccccc2[nH]1)C(=O)C=Cc1cccs1. The molecule has 0 unspecified atom stereocenters. The second-order valence-corrected chi connectivity index (χ2v) is 5.72. The van der Waals surface area contributed by atoms with E-state index in [1.54, 1.807) is 29.4 Å². The molecule has 0 atom stereocenters. The maximum atomic E-state index is 12.1. The van der Waals surface area contributed by atoms with E-state index in [1.165, 1.54) is 0 Å². The number of benzene rings is 1. The Morgan fingerprint density at radius 1 is 1.33 bits per heavy atom. The minimum absolute atomic E-state index is 0.0381. The van der Waals surface area contributed by atoms with E-state index in [9.17, 15) is 4.79 Å². The van der Waals surface area contributed by atoms with E-state index in [0.29, 0.717) is 6.54 Å². The van der Waals surface area contributed by atoms with Crippen molar-refractivity contribution < 1.29 is 4.79 Å². The summed E-state index contributed by atoms with van der Waals surface area (Å²) >= 11 is 1.61. The molecule has 0 saturated carbocycles. The standard InChI is InChI=1S/C16H15N3OS/c1-19(16(20)9-8-12-5-4-10-21-12)11-15-17-13-6-2-3-7-14(13)18-15/h2-10H,11H2,1H3,(H,17,18). The first-order chi connectivity index (χ1) is 10.2. The highest BCUT2D eigenvalue weighted by Gasteiger charge is 2.09. The van der Waals surface area contributed by atoms with Gasteiger partial charge in [0.25, 0.3) is 0 Å². The van der Waals surface area contributed by atoms with Crippen LogP contribution in [0.5, 0.6) is 0 Å². The van der Waals surface area contributed by atoms with Gasteiger partial charge in [0.05, 0.1) is 17.6 Å². The number of fused-ring (bicyclic) bond motifs is 1. The predicted molar refractivity (Wildman–Crippen MR) is 85.9 cm³/mol. The summed E-state index contributed by atoms with van der Waals surface area (Å²) < 4.78 is 0. The molecule has 4 nitrogen and oxygen atoms in total. The van der Waals surface area contributed by atoms with Crippen LogP contribution < -0.4 is 0 Å². The lowest BCUT2D eigenvalue weighted by molar-refractivity contribution is -0.125. The molecule has 0 aliphatic carbocycles. The fraction of sp³-hybridized carbons (Fsp3) is 0.125. The largest absolute Gasteiger partial charge is 0.340 e. The Balaban J connectivity index is 1.67. The third kappa shape index (κ3) is 3.20. The fourth-order valence-electron chi connectivity index (χ4n) is 2.05. The molecule has 106 valence electrons. The van der Waals surface area contributed by atoms with E-state index in [-0.39, 0.29) is 5.91 Å². The van der Waals surface area contributed by atoms with Crippen LogP contribution in [-0.4, -0.2) is 27.8 Å². The Bertz CT molecular complexity index is 741. The molecule has 0 saturated heterocycles. The Hall–Kier alpha value is -2.40. The van der Waals surface area contributed by atoms with Gasteiger partial charge in [0.2, 0.25) is 5.91 Å². The lowest BCUT2D eigenvalue weighted by Crippen LogP contribution is -2.24. The molecular weight excluding hydrogens is 282 g/mol. The van der Waals surface area contributed by atoms with Crippen molar-refractivity contribution in [3.63, 3.8) is 0 Å². The number of nitrogens with zero attached hydrogens (tertiary/aromatic N) is 2. The third-order valence-corrected chi connectivity index (χ3v) is 3.97. The van der Waals surface area contributed by atoms with Gasteiger partial charge in [-0.05, 0) is 29.7 Å². The van der Waals surface area contributed by atoms with Crippen molar-refractivity contribution in [3.8, 4) is 0 Å². The number of para-hydroxylation sites is 2. The Morgan fingerprint density at radius 2 is 2.19 bits per heavy atom. The lowest BCUT2D eigenvalue weighted by Gasteiger charge is -2.12. The molecule has 21 heavy (non-hydrogen) atoms. The summed E-state index contributed by atoms with van der Waals surface area (Å²) in [4.78, 5) is 22.5. The maximum Gasteiger partial charge on any atom is 0.246 e. The number of amides is 1. The topological polar surface area (TPSA) is 49.0 Å². The van der Waals surface area contributed by atoms with E-state index >= 15 is 0 Å². The van der Waals surface area contributed by atoms with Crippen molar-refractivity contribution in [2.24, 2.45) is 0 Å². The summed E-state index contributed by atoms with van der Waals surface area (Å²) in [6.07, 6.45) is 3.43. The van der Waals surface area contributed by atoms with E-state index in [2.05, 4.69) is 9.97 Å². The van der Waals surface area contributed by atoms with Crippen molar-refractivity contribution in [1.82, 2.24) is 14.9 Å². The highest BCUT2D eigenvalue weighted by atomic mass is 32.1. The molecular formula is C16H15N3OS. The fourth-order valence-corrected chi connectivity index (χ4v) is 2.67. The molecule has 3 aromatic rings. The normalized spacial score (nSPS) is 11.3. The van der Waals surface area contributed by atoms with Crippen molar-refractivity contribution in [1.29, 1.82) is 0 Å². The number of aromatic nitrogens is 2. The van der Waals surface area contributed by atoms with Crippen molar-refractivity contribution in [2.75, 3.05) is 7.05 Å². The minimum atomic E-state index is -0.0381. The van der Waals surface area contributed by atoms with Gasteiger partial charge in [-0.2, -0.15) is 0 Å². The van der Waals surface area contributed by atoms with Gasteiger partial charge >= 0.3 is 0 Å². The zero-order valence-corrected chi connectivity index (χ0v) is 12.4. The molecule has 0 bridgehead atoms. The number of imidazole rings is 1. The zero-order valence-electron chi connectivity index (χ0n) is 11.6. The maximum absolute atomic E-state index is 12.1. The van der Waals surface area contributed by atoms with Gasteiger partial charge in [0, 0.05) is 18.0 Å². The smallest absolute Gasteiger partial charge is 0.246 e. The third-order valence-electron chi connectivity index (χ3n) is 3.13. The molecule has 0 spiro atoms. The number of carbonyl (C=O) groups is 1. The van der Waals surface area contributed by atoms with E-state index in [0.717, 1.165) is 21.7 Å². The highest BCUT2D eigenvalue weighted by molar-refractivity contribution is 7.10. The van der Waals surface area contributed by atoms with Crippen LogP contribution in [0.15, 0.2) is 47.9 Å². The Labute approximate surface area is 126 Å². The number of thiophene rings is 1. The Kier molecular flexibility index (Phi) is 3.83. The number of hydrogen-bond donors (Lipinski definition) is 1. The highest BCUT2D eigenvalue weighted by Crippen LogP contribution is 2.12. The van der Waals surface area contributed by atoms with E-state index in [4.69, 9.17) is 0 Å². The van der Waals surface area contributed by atoms with Crippen molar-refractivity contribution in [3.05, 3.63) is 58.6 Å². The van der Waals surface area contributed by atoms with Crippen LogP contribution in [0.25, 0.3) is 17.1 Å². The zero-order chi connectivity index (χ0) is 14.7. The molecule has 2 heterocycles. The van der Waals surface area contributed by atoms with Crippen LogP contribution in [-0.2, 0) is 11.3 Å². The molecule has 3 rings (SSSR count). The van der Waals surface area contributed by atoms with Gasteiger partial charge in [-0.1, -0.05) is 18.2 Å². The number of rotatable bonds is 4. The number of H-pyrrole nitrogens is 1. The van der Waals surface area contributed by atoms with Crippen LogP contribution in [0, 0.1) is 0 Å². The number of nitrogens with one attached hydrogen (secondary N) is 1. The predicted octanol–water partition coefficient (Wildman–Crippen LogP) is 3.30. The molecule has 0 radical (unpaired) electrons. The molecule has 0 aliphatic heterocycles. The van der Waals surface area contributed by atoms with E-state index < -0.39 is 0 Å². The van der Waals surface area contributed by atoms with Crippen LogP contribution in [0.2, 0.25) is 0 Å². The van der Waals surface area contributed by atoms with E-state index in [1.807, 2.05) is 47.9 Å². The molecule has 0 fully saturated rings. The summed E-state index contributed by atoms with van der Waals surface area (Å²) in [5.74, 6) is 0.750. The van der Waals surface area contributed by atoms with Crippen LogP contribution in [0.3, 0.4) is 0 Å². The van der Waals surface area contributed by atoms with Crippen LogP contribution in [0.1, 0.15) is 10.7 Å². The number of hydrogen-bond acceptors (Lipinski definition) is 3. The van der Waals surface area contributed by atoms with Crippen LogP contribution >= 0.6 is 11.3 Å². The van der Waals surface area contributed by atoms with Crippen molar-refractivity contribution in [2.45, 2.75) is 6.54 Å². The first kappa shape index (κ1) is 13.6. The second-order valence-electron chi connectivity index (χ2n) is 4.74. The minimum Gasteiger partial charge on any atom is -0.340 e. The van der Waals surface area contributed by atoms with Gasteiger partial charge in [-0.3, -0.25) is 4.79 Å². The molecule has 5 heteroatoms. The first-order valence-electron chi connectivity index (χ1n) is 6.63. The van der Waals surface area contributed by atoms with Crippen LogP contribution in [0.4, 0.5) is 0 Å². The summed E-state index contributed by atoms with van der Waals surface area (Å²) in [7, 11) is 1.77. The molecule has 1 aromatic carbocycles. The summed E-state index contributed by atoms with van der Waals surface area (Å²) in [6.45, 7) is 0.461. The molecule has 1 amide bonds. The summed E-state index contributed by atoms with van der Waals surface area (Å²) in [5.41, 5.74) is 1.91. The number of aromatic amines is 1. The quantitative estimate of drug-likeness (QED) is 0.751. The van der Waals surface area contributed by atoms with Gasteiger partial charge in [-0.15, -0.1) is 11.3 Å². The average molecular weight is 297 g/mol. The van der Waals surface area contributed by atoms with Crippen molar-refractivity contribution >= 4 is 34.4 Å².